The molecule has 0 aliphatic carbocycles. The molecule has 0 unspecified atom stereocenters. The van der Waals surface area contributed by atoms with Gasteiger partial charge in [0.2, 0.25) is 5.91 Å². The quantitative estimate of drug-likeness (QED) is 0.0818. The van der Waals surface area contributed by atoms with Crippen molar-refractivity contribution in [1.82, 2.24) is 5.32 Å². The Balaban J connectivity index is 1.44. The van der Waals surface area contributed by atoms with Gasteiger partial charge in [0.25, 0.3) is 0 Å². The van der Waals surface area contributed by atoms with Crippen LogP contribution in [0.4, 0.5) is 0 Å². The Kier molecular flexibility index (Phi) is 16.5. The van der Waals surface area contributed by atoms with Gasteiger partial charge in [0.15, 0.2) is 31.5 Å². The number of hydrogen-bond acceptors (Lipinski definition) is 25. The first-order valence-corrected chi connectivity index (χ1v) is 18.5. The molecule has 26 heteroatoms. The molecule has 5 aliphatic rings. The zero-order valence-corrected chi connectivity index (χ0v) is 31.1. The standard InChI is InChI=1S/C32H55NO25/c1-7-14(39)18(43)22(47)30(50-7)58-27-19(44)15(40)9(3-34)54-32(27)56-25-13(33-8(2)38)29(52-10(4-35)16(25)41)57-26-17(42)11(5-36)53-31(23(26)48)55-24-12(6-37)51-28(49)21(46)20(24)45/h7,9-32,34-37,39-49H,3-6H2,1-2H3,(H,33,38)/t7-,9-,10-,11-,12-,13-,14+,15+,16-,17+,18+,19+,20-,21-,22-,23-,24-,25-,26+,27-,28-,29+,30-,31+,32+/m1/s1. The predicted octanol–water partition coefficient (Wildman–Crippen LogP) is -10.8. The Morgan fingerprint density at radius 3 is 1.50 bits per heavy atom. The Morgan fingerprint density at radius 2 is 0.914 bits per heavy atom. The molecule has 0 aromatic rings. The minimum atomic E-state index is -2.10. The minimum Gasteiger partial charge on any atom is -0.394 e. The number of nitrogens with one attached hydrogen (secondary N) is 1. The summed E-state index contributed by atoms with van der Waals surface area (Å²) in [7, 11) is 0. The molecule has 0 aromatic heterocycles. The molecule has 5 fully saturated rings. The van der Waals surface area contributed by atoms with Gasteiger partial charge in [-0.05, 0) is 6.92 Å². The summed E-state index contributed by atoms with van der Waals surface area (Å²) >= 11 is 0. The second kappa shape index (κ2) is 20.1. The molecule has 5 heterocycles. The topological polar surface area (TPSA) is 416 Å². The van der Waals surface area contributed by atoms with Crippen molar-refractivity contribution in [1.29, 1.82) is 0 Å². The highest BCUT2D eigenvalue weighted by atomic mass is 16.8. The molecule has 0 saturated carbocycles. The van der Waals surface area contributed by atoms with Gasteiger partial charge in [-0.2, -0.15) is 0 Å². The van der Waals surface area contributed by atoms with Crippen molar-refractivity contribution in [3.8, 4) is 0 Å². The second-order valence-corrected chi connectivity index (χ2v) is 14.7. The smallest absolute Gasteiger partial charge is 0.217 e. The van der Waals surface area contributed by atoms with E-state index in [0.717, 1.165) is 6.92 Å². The molecule has 338 valence electrons. The van der Waals surface area contributed by atoms with Crippen LogP contribution in [0.5, 0.6) is 0 Å². The van der Waals surface area contributed by atoms with Crippen molar-refractivity contribution < 1.29 is 124 Å². The van der Waals surface area contributed by atoms with Crippen molar-refractivity contribution >= 4 is 5.91 Å². The third kappa shape index (κ3) is 9.75. The van der Waals surface area contributed by atoms with Crippen molar-refractivity contribution in [3.63, 3.8) is 0 Å². The number of aliphatic hydroxyl groups is 15. The van der Waals surface area contributed by atoms with E-state index in [1.807, 2.05) is 0 Å². The Morgan fingerprint density at radius 1 is 0.448 bits per heavy atom. The van der Waals surface area contributed by atoms with Crippen molar-refractivity contribution in [3.05, 3.63) is 0 Å². The molecular weight excluding hydrogens is 798 g/mol. The number of hydrogen-bond donors (Lipinski definition) is 16. The van der Waals surface area contributed by atoms with Crippen LogP contribution in [0.15, 0.2) is 0 Å². The SMILES string of the molecule is CC(=O)N[C@H]1[C@H](O[C@H]2[C@@H](O)[C@@H](CO)O[C@@H](O[C@H]3[C@H](O)[C@@H](O)[C@H](O)O[C@@H]3CO)[C@@H]2O)O[C@H](CO)[C@@H](O)[C@@H]1O[C@@H]1O[C@H](CO)[C@H](O)[C@H](O)[C@H]1O[C@H]1O[C@H](C)[C@H](O)[C@H](O)[C@H]1O. The fourth-order valence-corrected chi connectivity index (χ4v) is 7.35. The van der Waals surface area contributed by atoms with Crippen LogP contribution in [0.25, 0.3) is 0 Å². The van der Waals surface area contributed by atoms with E-state index in [9.17, 15) is 81.4 Å². The van der Waals surface area contributed by atoms with Gasteiger partial charge in [-0.15, -0.1) is 0 Å². The summed E-state index contributed by atoms with van der Waals surface area (Å²) in [6.45, 7) is -1.34. The van der Waals surface area contributed by atoms with Gasteiger partial charge in [0.05, 0.1) is 32.5 Å². The normalized spacial score (nSPS) is 51.6. The molecule has 0 aromatic carbocycles. The first-order valence-electron chi connectivity index (χ1n) is 18.5. The van der Waals surface area contributed by atoms with Gasteiger partial charge in [-0.25, -0.2) is 0 Å². The summed E-state index contributed by atoms with van der Waals surface area (Å²) in [5.74, 6) is -0.823. The number of amides is 1. The average molecular weight is 854 g/mol. The van der Waals surface area contributed by atoms with Gasteiger partial charge in [-0.3, -0.25) is 4.79 Å². The first-order chi connectivity index (χ1) is 27.4. The zero-order valence-electron chi connectivity index (χ0n) is 31.1. The maximum absolute atomic E-state index is 12.6. The Hall–Kier alpha value is -1.49. The van der Waals surface area contributed by atoms with E-state index in [2.05, 4.69) is 5.32 Å². The number of carbonyl (C=O) groups is 1. The van der Waals surface area contributed by atoms with E-state index >= 15 is 0 Å². The monoisotopic (exact) mass is 853 g/mol. The highest BCUT2D eigenvalue weighted by Gasteiger charge is 2.57. The molecule has 58 heavy (non-hydrogen) atoms. The molecule has 0 spiro atoms. The minimum absolute atomic E-state index is 0.823. The third-order valence-corrected chi connectivity index (χ3v) is 10.7. The van der Waals surface area contributed by atoms with Crippen LogP contribution in [0, 0.1) is 0 Å². The van der Waals surface area contributed by atoms with Crippen LogP contribution in [-0.2, 0) is 47.4 Å². The molecule has 1 amide bonds. The fraction of sp³-hybridized carbons (Fsp3) is 0.969. The molecule has 5 aliphatic heterocycles. The molecule has 0 radical (unpaired) electrons. The lowest BCUT2D eigenvalue weighted by Crippen LogP contribution is -2.70. The zero-order chi connectivity index (χ0) is 42.9. The van der Waals surface area contributed by atoms with Crippen LogP contribution in [0.2, 0.25) is 0 Å². The van der Waals surface area contributed by atoms with Crippen LogP contribution in [0.3, 0.4) is 0 Å². The lowest BCUT2D eigenvalue weighted by atomic mass is 9.94. The van der Waals surface area contributed by atoms with Gasteiger partial charge in [0.1, 0.15) is 116 Å². The van der Waals surface area contributed by atoms with E-state index in [1.165, 1.54) is 6.92 Å². The van der Waals surface area contributed by atoms with E-state index in [4.69, 9.17) is 42.6 Å². The summed E-state index contributed by atoms with van der Waals surface area (Å²) < 4.78 is 50.8. The van der Waals surface area contributed by atoms with Crippen molar-refractivity contribution in [2.45, 2.75) is 167 Å². The fourth-order valence-electron chi connectivity index (χ4n) is 7.35. The van der Waals surface area contributed by atoms with Crippen LogP contribution < -0.4 is 5.32 Å². The van der Waals surface area contributed by atoms with Crippen LogP contribution in [-0.4, -0.2) is 262 Å². The predicted molar refractivity (Wildman–Crippen MR) is 177 cm³/mol. The summed E-state index contributed by atoms with van der Waals surface area (Å²) in [5.41, 5.74) is 0. The maximum Gasteiger partial charge on any atom is 0.217 e. The van der Waals surface area contributed by atoms with Crippen molar-refractivity contribution in [2.75, 3.05) is 26.4 Å². The largest absolute Gasteiger partial charge is 0.394 e. The lowest BCUT2D eigenvalue weighted by Gasteiger charge is -2.50. The van der Waals surface area contributed by atoms with Gasteiger partial charge >= 0.3 is 0 Å². The number of rotatable bonds is 13. The summed E-state index contributed by atoms with van der Waals surface area (Å²) in [5, 5.41) is 160. The van der Waals surface area contributed by atoms with E-state index in [0.29, 0.717) is 0 Å². The average Bonchev–Trinajstić information content (AvgIpc) is 3.19. The Bertz CT molecular complexity index is 1310. The molecular formula is C32H55NO25. The van der Waals surface area contributed by atoms with E-state index in [-0.39, 0.29) is 0 Å². The Labute approximate surface area is 329 Å². The summed E-state index contributed by atoms with van der Waals surface area (Å²) in [6, 6.07) is -1.72. The third-order valence-electron chi connectivity index (χ3n) is 10.7. The van der Waals surface area contributed by atoms with Gasteiger partial charge in [-0.1, -0.05) is 0 Å². The van der Waals surface area contributed by atoms with E-state index < -0.39 is 186 Å². The highest BCUT2D eigenvalue weighted by Crippen LogP contribution is 2.36. The molecule has 26 nitrogen and oxygen atoms in total. The molecule has 0 bridgehead atoms. The molecule has 25 atom stereocenters. The maximum atomic E-state index is 12.6. The second-order valence-electron chi connectivity index (χ2n) is 14.7. The van der Waals surface area contributed by atoms with Crippen LogP contribution in [0.1, 0.15) is 13.8 Å². The first kappa shape index (κ1) is 47.6. The molecule has 5 rings (SSSR count). The number of ether oxygens (including phenoxy) is 9. The van der Waals surface area contributed by atoms with Gasteiger partial charge < -0.3 is 125 Å². The van der Waals surface area contributed by atoms with E-state index in [1.54, 1.807) is 0 Å². The lowest BCUT2D eigenvalue weighted by molar-refractivity contribution is -0.390. The number of aliphatic hydroxyl groups excluding tert-OH is 15. The summed E-state index contributed by atoms with van der Waals surface area (Å²) in [6.07, 6.45) is -43.4. The van der Waals surface area contributed by atoms with Crippen LogP contribution >= 0.6 is 0 Å². The highest BCUT2D eigenvalue weighted by molar-refractivity contribution is 5.73. The summed E-state index contributed by atoms with van der Waals surface area (Å²) in [4.78, 5) is 12.6. The van der Waals surface area contributed by atoms with Gasteiger partial charge in [0, 0.05) is 6.92 Å². The molecule has 16 N–H and O–H groups in total. The van der Waals surface area contributed by atoms with Crippen molar-refractivity contribution in [2.24, 2.45) is 0 Å². The molecule has 5 saturated heterocycles. The number of carbonyl (C=O) groups excluding carboxylic acids is 1.